The summed E-state index contributed by atoms with van der Waals surface area (Å²) in [6, 6.07) is 0. The molecule has 0 aromatic heterocycles. The Morgan fingerprint density at radius 2 is 2.06 bits per heavy atom. The molecule has 3 atom stereocenters. The van der Waals surface area contributed by atoms with Crippen LogP contribution < -0.4 is 0 Å². The quantitative estimate of drug-likeness (QED) is 0.790. The monoisotopic (exact) mass is 223 g/mol. The van der Waals surface area contributed by atoms with Gasteiger partial charge in [-0.3, -0.25) is 4.90 Å². The molecule has 1 aliphatic heterocycles. The van der Waals surface area contributed by atoms with Gasteiger partial charge in [0.15, 0.2) is 0 Å². The number of hydrogen-bond acceptors (Lipinski definition) is 2. The fourth-order valence-electron chi connectivity index (χ4n) is 4.47. The van der Waals surface area contributed by atoms with Crippen LogP contribution in [0.2, 0.25) is 0 Å². The van der Waals surface area contributed by atoms with Crippen molar-refractivity contribution in [3.8, 4) is 0 Å². The minimum atomic E-state index is -0.327. The van der Waals surface area contributed by atoms with Crippen LogP contribution in [0.3, 0.4) is 0 Å². The van der Waals surface area contributed by atoms with Gasteiger partial charge in [-0.2, -0.15) is 0 Å². The van der Waals surface area contributed by atoms with Crippen LogP contribution in [0.4, 0.5) is 0 Å². The van der Waals surface area contributed by atoms with E-state index in [0.717, 1.165) is 43.7 Å². The third kappa shape index (κ3) is 1.91. The third-order valence-electron chi connectivity index (χ3n) is 5.13. The zero-order valence-electron chi connectivity index (χ0n) is 10.5. The van der Waals surface area contributed by atoms with E-state index in [1.165, 1.54) is 32.2 Å². The van der Waals surface area contributed by atoms with Gasteiger partial charge in [0.25, 0.3) is 0 Å². The predicted octanol–water partition coefficient (Wildman–Crippen LogP) is 2.27. The molecule has 2 saturated carbocycles. The molecule has 0 spiro atoms. The molecule has 2 heteroatoms. The summed E-state index contributed by atoms with van der Waals surface area (Å²) < 4.78 is 0. The number of nitrogens with zero attached hydrogens (tertiary/aromatic N) is 1. The lowest BCUT2D eigenvalue weighted by atomic mass is 9.84. The third-order valence-corrected chi connectivity index (χ3v) is 5.13. The van der Waals surface area contributed by atoms with Crippen molar-refractivity contribution in [3.05, 3.63) is 0 Å². The molecule has 16 heavy (non-hydrogen) atoms. The van der Waals surface area contributed by atoms with Crippen LogP contribution in [-0.2, 0) is 0 Å². The lowest BCUT2D eigenvalue weighted by Crippen LogP contribution is -2.62. The summed E-state index contributed by atoms with van der Waals surface area (Å²) in [5.74, 6) is 3.06. The average molecular weight is 223 g/mol. The first-order valence-electron chi connectivity index (χ1n) is 7.13. The van der Waals surface area contributed by atoms with Crippen LogP contribution in [-0.4, -0.2) is 35.2 Å². The van der Waals surface area contributed by atoms with E-state index in [4.69, 9.17) is 0 Å². The Labute approximate surface area is 99.0 Å². The summed E-state index contributed by atoms with van der Waals surface area (Å²) >= 11 is 0. The Morgan fingerprint density at radius 3 is 2.62 bits per heavy atom. The Kier molecular flexibility index (Phi) is 2.75. The van der Waals surface area contributed by atoms with Gasteiger partial charge < -0.3 is 5.11 Å². The van der Waals surface area contributed by atoms with Crippen LogP contribution in [0.5, 0.6) is 0 Å². The molecule has 3 unspecified atom stereocenters. The summed E-state index contributed by atoms with van der Waals surface area (Å²) in [6.07, 6.45) is 8.08. The normalized spacial score (nSPS) is 41.2. The molecular formula is C14H25NO. The number of fused-ring (bicyclic) bond motifs is 2. The number of likely N-dealkylation sites (tertiary alicyclic amines) is 1. The number of aliphatic hydroxyl groups is 1. The number of β-amino-alcohol motifs (C(OH)–C–C–N with tert-alkyl or cyclic N) is 1. The van der Waals surface area contributed by atoms with E-state index in [1.54, 1.807) is 0 Å². The van der Waals surface area contributed by atoms with E-state index < -0.39 is 0 Å². The summed E-state index contributed by atoms with van der Waals surface area (Å²) in [5, 5.41) is 10.1. The van der Waals surface area contributed by atoms with E-state index in [-0.39, 0.29) is 5.60 Å². The first kappa shape index (κ1) is 11.0. The Hall–Kier alpha value is -0.0800. The minimum Gasteiger partial charge on any atom is -0.387 e. The molecule has 1 heterocycles. The van der Waals surface area contributed by atoms with E-state index in [2.05, 4.69) is 11.8 Å². The summed E-state index contributed by atoms with van der Waals surface area (Å²) in [4.78, 5) is 2.49. The molecular weight excluding hydrogens is 198 g/mol. The smallest absolute Gasteiger partial charge is 0.0900 e. The summed E-state index contributed by atoms with van der Waals surface area (Å²) in [6.45, 7) is 5.31. The molecule has 2 bridgehead atoms. The molecule has 0 amide bonds. The van der Waals surface area contributed by atoms with Gasteiger partial charge in [-0.25, -0.2) is 0 Å². The van der Waals surface area contributed by atoms with Crippen molar-refractivity contribution in [3.63, 3.8) is 0 Å². The molecule has 3 aliphatic rings. The predicted molar refractivity (Wildman–Crippen MR) is 65.2 cm³/mol. The standard InChI is InChI=1S/C14H25NO/c1-2-5-14(16)9-15(10-14)8-13-7-11-3-4-12(13)6-11/h11-13,16H,2-10H2,1H3. The number of hydrogen-bond donors (Lipinski definition) is 1. The van der Waals surface area contributed by atoms with Gasteiger partial charge in [0.2, 0.25) is 0 Å². The maximum absolute atomic E-state index is 10.1. The molecule has 2 nitrogen and oxygen atoms in total. The van der Waals surface area contributed by atoms with E-state index in [1.807, 2.05) is 0 Å². The summed E-state index contributed by atoms with van der Waals surface area (Å²) in [7, 11) is 0. The van der Waals surface area contributed by atoms with Crippen molar-refractivity contribution in [1.82, 2.24) is 4.90 Å². The molecule has 0 aromatic carbocycles. The zero-order chi connectivity index (χ0) is 11.2. The van der Waals surface area contributed by atoms with Crippen LogP contribution in [0.25, 0.3) is 0 Å². The second-order valence-corrected chi connectivity index (χ2v) is 6.58. The SMILES string of the molecule is CCCC1(O)CN(CC2CC3CCC2C3)C1. The maximum Gasteiger partial charge on any atom is 0.0900 e. The first-order chi connectivity index (χ1) is 7.68. The molecule has 0 radical (unpaired) electrons. The highest BCUT2D eigenvalue weighted by Crippen LogP contribution is 2.49. The highest BCUT2D eigenvalue weighted by atomic mass is 16.3. The Morgan fingerprint density at radius 1 is 1.25 bits per heavy atom. The molecule has 2 aliphatic carbocycles. The fourth-order valence-corrected chi connectivity index (χ4v) is 4.47. The Bertz CT molecular complexity index is 259. The second kappa shape index (κ2) is 3.99. The lowest BCUT2D eigenvalue weighted by Gasteiger charge is -2.48. The van der Waals surface area contributed by atoms with Crippen molar-refractivity contribution in [2.24, 2.45) is 17.8 Å². The average Bonchev–Trinajstić information content (AvgIpc) is 2.77. The number of rotatable bonds is 4. The van der Waals surface area contributed by atoms with Crippen molar-refractivity contribution < 1.29 is 5.11 Å². The van der Waals surface area contributed by atoms with Crippen LogP contribution in [0, 0.1) is 17.8 Å². The molecule has 3 rings (SSSR count). The van der Waals surface area contributed by atoms with Crippen molar-refractivity contribution in [2.45, 2.75) is 51.0 Å². The van der Waals surface area contributed by atoms with Crippen LogP contribution >= 0.6 is 0 Å². The molecule has 1 saturated heterocycles. The topological polar surface area (TPSA) is 23.5 Å². The van der Waals surface area contributed by atoms with Gasteiger partial charge in [-0.05, 0) is 43.4 Å². The minimum absolute atomic E-state index is 0.327. The first-order valence-corrected chi connectivity index (χ1v) is 7.13. The van der Waals surface area contributed by atoms with Gasteiger partial charge >= 0.3 is 0 Å². The zero-order valence-corrected chi connectivity index (χ0v) is 10.5. The fraction of sp³-hybridized carbons (Fsp3) is 1.00. The van der Waals surface area contributed by atoms with Crippen molar-refractivity contribution in [1.29, 1.82) is 0 Å². The molecule has 1 N–H and O–H groups in total. The van der Waals surface area contributed by atoms with Gasteiger partial charge in [-0.15, -0.1) is 0 Å². The van der Waals surface area contributed by atoms with Gasteiger partial charge in [0.05, 0.1) is 5.60 Å². The van der Waals surface area contributed by atoms with E-state index >= 15 is 0 Å². The second-order valence-electron chi connectivity index (χ2n) is 6.58. The van der Waals surface area contributed by atoms with E-state index in [9.17, 15) is 5.11 Å². The van der Waals surface area contributed by atoms with Gasteiger partial charge in [0.1, 0.15) is 0 Å². The van der Waals surface area contributed by atoms with Gasteiger partial charge in [0, 0.05) is 19.6 Å². The van der Waals surface area contributed by atoms with E-state index in [0.29, 0.717) is 0 Å². The lowest BCUT2D eigenvalue weighted by molar-refractivity contribution is -0.109. The maximum atomic E-state index is 10.1. The molecule has 92 valence electrons. The van der Waals surface area contributed by atoms with Crippen molar-refractivity contribution >= 4 is 0 Å². The molecule has 0 aromatic rings. The highest BCUT2D eigenvalue weighted by molar-refractivity contribution is 4.98. The van der Waals surface area contributed by atoms with Crippen LogP contribution in [0.15, 0.2) is 0 Å². The van der Waals surface area contributed by atoms with Crippen molar-refractivity contribution in [2.75, 3.05) is 19.6 Å². The highest BCUT2D eigenvalue weighted by Gasteiger charge is 2.45. The Balaban J connectivity index is 1.45. The largest absolute Gasteiger partial charge is 0.387 e. The summed E-state index contributed by atoms with van der Waals surface area (Å²) in [5.41, 5.74) is -0.327. The molecule has 3 fully saturated rings. The van der Waals surface area contributed by atoms with Gasteiger partial charge in [-0.1, -0.05) is 19.8 Å². The van der Waals surface area contributed by atoms with Crippen LogP contribution in [0.1, 0.15) is 45.4 Å².